The highest BCUT2D eigenvalue weighted by Crippen LogP contribution is 2.26. The van der Waals surface area contributed by atoms with E-state index in [4.69, 9.17) is 4.74 Å². The van der Waals surface area contributed by atoms with Gasteiger partial charge in [0.25, 0.3) is 5.91 Å². The van der Waals surface area contributed by atoms with Crippen LogP contribution in [-0.4, -0.2) is 12.0 Å². The maximum atomic E-state index is 12.7. The van der Waals surface area contributed by atoms with Crippen LogP contribution >= 0.6 is 0 Å². The van der Waals surface area contributed by atoms with Crippen LogP contribution in [0.3, 0.4) is 0 Å². The topological polar surface area (TPSA) is 38.3 Å². The molecule has 1 aliphatic carbocycles. The lowest BCUT2D eigenvalue weighted by atomic mass is 9.92. The Kier molecular flexibility index (Phi) is 6.92. The molecule has 3 nitrogen and oxygen atoms in total. The van der Waals surface area contributed by atoms with Crippen LogP contribution in [0, 0.1) is 0 Å². The quantitative estimate of drug-likeness (QED) is 0.651. The Morgan fingerprint density at radius 2 is 1.78 bits per heavy atom. The number of hydrogen-bond acceptors (Lipinski definition) is 2. The molecule has 0 spiro atoms. The molecule has 2 aromatic rings. The molecule has 0 aliphatic heterocycles. The zero-order valence-electron chi connectivity index (χ0n) is 16.6. The largest absolute Gasteiger partial charge is 0.481 e. The van der Waals surface area contributed by atoms with E-state index in [2.05, 4.69) is 36.5 Å². The Bertz CT molecular complexity index is 751. The molecule has 27 heavy (non-hydrogen) atoms. The number of carbonyl (C=O) groups excluding carboxylic acids is 1. The molecule has 0 unspecified atom stereocenters. The van der Waals surface area contributed by atoms with Crippen molar-refractivity contribution in [2.75, 3.05) is 5.32 Å². The highest BCUT2D eigenvalue weighted by Gasteiger charge is 2.19. The predicted octanol–water partition coefficient (Wildman–Crippen LogP) is 5.70. The van der Waals surface area contributed by atoms with Gasteiger partial charge in [0.15, 0.2) is 6.10 Å². The smallest absolute Gasteiger partial charge is 0.265 e. The van der Waals surface area contributed by atoms with Crippen LogP contribution in [0.5, 0.6) is 5.75 Å². The number of fused-ring (bicyclic) bond motifs is 1. The summed E-state index contributed by atoms with van der Waals surface area (Å²) in [7, 11) is 0. The Balaban J connectivity index is 1.60. The van der Waals surface area contributed by atoms with E-state index in [1.165, 1.54) is 42.4 Å². The Labute approximate surface area is 163 Å². The number of anilines is 1. The molecule has 0 aromatic heterocycles. The Morgan fingerprint density at radius 3 is 2.48 bits per heavy atom. The van der Waals surface area contributed by atoms with Crippen molar-refractivity contribution in [1.82, 2.24) is 0 Å². The van der Waals surface area contributed by atoms with Crippen LogP contribution in [0.1, 0.15) is 62.6 Å². The second-order valence-electron chi connectivity index (χ2n) is 7.44. The van der Waals surface area contributed by atoms with E-state index in [1.54, 1.807) is 0 Å². The fourth-order valence-electron chi connectivity index (χ4n) is 3.63. The third-order valence-electron chi connectivity index (χ3n) is 5.30. The molecular formula is C24H31NO2. The highest BCUT2D eigenvalue weighted by atomic mass is 16.5. The van der Waals surface area contributed by atoms with Gasteiger partial charge in [-0.05, 0) is 85.9 Å². The van der Waals surface area contributed by atoms with E-state index in [1.807, 2.05) is 25.1 Å². The molecule has 1 amide bonds. The molecule has 0 saturated carbocycles. The molecule has 144 valence electrons. The second kappa shape index (κ2) is 9.59. The average molecular weight is 366 g/mol. The van der Waals surface area contributed by atoms with E-state index in [9.17, 15) is 4.79 Å². The van der Waals surface area contributed by atoms with Crippen molar-refractivity contribution in [3.8, 4) is 5.75 Å². The molecule has 1 N–H and O–H groups in total. The van der Waals surface area contributed by atoms with Crippen LogP contribution in [0.15, 0.2) is 42.5 Å². The van der Waals surface area contributed by atoms with E-state index >= 15 is 0 Å². The first-order valence-corrected chi connectivity index (χ1v) is 10.4. The van der Waals surface area contributed by atoms with Gasteiger partial charge < -0.3 is 10.1 Å². The van der Waals surface area contributed by atoms with Crippen LogP contribution in [0.4, 0.5) is 5.69 Å². The molecular weight excluding hydrogens is 334 g/mol. The second-order valence-corrected chi connectivity index (χ2v) is 7.44. The molecule has 3 rings (SSSR count). The summed E-state index contributed by atoms with van der Waals surface area (Å²) in [6, 6.07) is 14.4. The number of ether oxygens (including phenoxy) is 1. The predicted molar refractivity (Wildman–Crippen MR) is 111 cm³/mol. The van der Waals surface area contributed by atoms with E-state index in [-0.39, 0.29) is 5.91 Å². The Hall–Kier alpha value is -2.29. The van der Waals surface area contributed by atoms with E-state index in [0.717, 1.165) is 30.7 Å². The number of carbonyl (C=O) groups is 1. The van der Waals surface area contributed by atoms with Crippen molar-refractivity contribution in [2.45, 2.75) is 71.3 Å². The molecule has 2 aromatic carbocycles. The molecule has 0 heterocycles. The molecule has 0 bridgehead atoms. The summed E-state index contributed by atoms with van der Waals surface area (Å²) in [5.41, 5.74) is 4.94. The average Bonchev–Trinajstić information content (AvgIpc) is 2.71. The molecule has 0 saturated heterocycles. The van der Waals surface area contributed by atoms with Gasteiger partial charge in [0.1, 0.15) is 5.75 Å². The van der Waals surface area contributed by atoms with Crippen molar-refractivity contribution in [3.05, 3.63) is 59.2 Å². The standard InChI is InChI=1S/C24H31NO2/c1-3-5-8-18-11-14-21(15-12-18)25-24(26)23(4-2)27-22-16-13-19-9-6-7-10-20(19)17-22/h11-17,23H,3-10H2,1-2H3,(H,25,26)/t23-/m1/s1. The number of amides is 1. The van der Waals surface area contributed by atoms with Gasteiger partial charge in [0.2, 0.25) is 0 Å². The van der Waals surface area contributed by atoms with Gasteiger partial charge in [-0.1, -0.05) is 38.5 Å². The summed E-state index contributed by atoms with van der Waals surface area (Å²) in [5, 5.41) is 2.99. The van der Waals surface area contributed by atoms with Crippen LogP contribution < -0.4 is 10.1 Å². The lowest BCUT2D eigenvalue weighted by Gasteiger charge is -2.20. The fourth-order valence-corrected chi connectivity index (χ4v) is 3.63. The molecule has 1 atom stereocenters. The minimum atomic E-state index is -0.480. The minimum Gasteiger partial charge on any atom is -0.481 e. The lowest BCUT2D eigenvalue weighted by molar-refractivity contribution is -0.122. The summed E-state index contributed by atoms with van der Waals surface area (Å²) in [4.78, 5) is 12.7. The van der Waals surface area contributed by atoms with Gasteiger partial charge in [-0.15, -0.1) is 0 Å². The lowest BCUT2D eigenvalue weighted by Crippen LogP contribution is -2.32. The minimum absolute atomic E-state index is 0.0865. The first kappa shape index (κ1) is 19.5. The molecule has 0 radical (unpaired) electrons. The van der Waals surface area contributed by atoms with Crippen molar-refractivity contribution < 1.29 is 9.53 Å². The number of rotatable bonds is 8. The van der Waals surface area contributed by atoms with E-state index < -0.39 is 6.10 Å². The summed E-state index contributed by atoms with van der Waals surface area (Å²) in [6.45, 7) is 4.18. The van der Waals surface area contributed by atoms with Crippen molar-refractivity contribution in [1.29, 1.82) is 0 Å². The van der Waals surface area contributed by atoms with Crippen molar-refractivity contribution in [3.63, 3.8) is 0 Å². The number of unbranched alkanes of at least 4 members (excludes halogenated alkanes) is 1. The summed E-state index contributed by atoms with van der Waals surface area (Å²) < 4.78 is 6.03. The third kappa shape index (κ3) is 5.35. The van der Waals surface area contributed by atoms with Crippen LogP contribution in [0.2, 0.25) is 0 Å². The van der Waals surface area contributed by atoms with Gasteiger partial charge in [-0.3, -0.25) is 4.79 Å². The number of hydrogen-bond donors (Lipinski definition) is 1. The molecule has 0 fully saturated rings. The third-order valence-corrected chi connectivity index (χ3v) is 5.30. The van der Waals surface area contributed by atoms with Crippen LogP contribution in [0.25, 0.3) is 0 Å². The zero-order valence-corrected chi connectivity index (χ0v) is 16.6. The van der Waals surface area contributed by atoms with Crippen molar-refractivity contribution >= 4 is 11.6 Å². The maximum absolute atomic E-state index is 12.7. The van der Waals surface area contributed by atoms with Crippen LogP contribution in [-0.2, 0) is 24.1 Å². The molecule has 3 heteroatoms. The monoisotopic (exact) mass is 365 g/mol. The van der Waals surface area contributed by atoms with Gasteiger partial charge in [0, 0.05) is 5.69 Å². The van der Waals surface area contributed by atoms with Crippen molar-refractivity contribution in [2.24, 2.45) is 0 Å². The number of aryl methyl sites for hydroxylation is 3. The summed E-state index contributed by atoms with van der Waals surface area (Å²) >= 11 is 0. The van der Waals surface area contributed by atoms with Gasteiger partial charge in [-0.25, -0.2) is 0 Å². The summed E-state index contributed by atoms with van der Waals surface area (Å²) in [5.74, 6) is 0.712. The SMILES string of the molecule is CCCCc1ccc(NC(=O)[C@@H](CC)Oc2ccc3c(c2)CCCC3)cc1. The zero-order chi connectivity index (χ0) is 19.1. The highest BCUT2D eigenvalue weighted by molar-refractivity contribution is 5.94. The maximum Gasteiger partial charge on any atom is 0.265 e. The first-order chi connectivity index (χ1) is 13.2. The first-order valence-electron chi connectivity index (χ1n) is 10.4. The summed E-state index contributed by atoms with van der Waals surface area (Å²) in [6.07, 6.45) is 8.40. The normalized spacial score (nSPS) is 14.3. The number of nitrogens with one attached hydrogen (secondary N) is 1. The van der Waals surface area contributed by atoms with Gasteiger partial charge in [-0.2, -0.15) is 0 Å². The molecule has 1 aliphatic rings. The van der Waals surface area contributed by atoms with E-state index in [0.29, 0.717) is 6.42 Å². The fraction of sp³-hybridized carbons (Fsp3) is 0.458. The van der Waals surface area contributed by atoms with Gasteiger partial charge in [0.05, 0.1) is 0 Å². The Morgan fingerprint density at radius 1 is 1.04 bits per heavy atom. The van der Waals surface area contributed by atoms with Gasteiger partial charge >= 0.3 is 0 Å². The number of benzene rings is 2.